The molecular formula is C17H33NO2. The Labute approximate surface area is 124 Å². The molecule has 1 aliphatic rings. The average molecular weight is 283 g/mol. The van der Waals surface area contributed by atoms with Crippen molar-refractivity contribution in [1.82, 2.24) is 5.32 Å². The molecule has 0 bridgehead atoms. The first kappa shape index (κ1) is 17.7. The van der Waals surface area contributed by atoms with Gasteiger partial charge in [0.05, 0.1) is 19.3 Å². The zero-order valence-corrected chi connectivity index (χ0v) is 13.5. The van der Waals surface area contributed by atoms with Crippen LogP contribution in [0.5, 0.6) is 0 Å². The predicted octanol–water partition coefficient (Wildman–Crippen LogP) is 3.13. The molecule has 0 aliphatic heterocycles. The van der Waals surface area contributed by atoms with Gasteiger partial charge in [-0.25, -0.2) is 0 Å². The molecule has 0 radical (unpaired) electrons. The molecule has 0 amide bonds. The maximum absolute atomic E-state index is 9.96. The lowest BCUT2D eigenvalue weighted by Gasteiger charge is -2.25. The lowest BCUT2D eigenvalue weighted by atomic mass is 9.85. The highest BCUT2D eigenvalue weighted by Crippen LogP contribution is 2.24. The van der Waals surface area contributed by atoms with Crippen LogP contribution >= 0.6 is 0 Å². The van der Waals surface area contributed by atoms with Gasteiger partial charge in [0.15, 0.2) is 0 Å². The van der Waals surface area contributed by atoms with Crippen LogP contribution < -0.4 is 5.32 Å². The molecule has 4 unspecified atom stereocenters. The van der Waals surface area contributed by atoms with E-state index in [1.165, 1.54) is 12.8 Å². The molecule has 20 heavy (non-hydrogen) atoms. The van der Waals surface area contributed by atoms with E-state index in [2.05, 4.69) is 38.2 Å². The molecule has 4 atom stereocenters. The SMILES string of the molecule is CCCC(CC)NCC(O)COCC1CC=CCC1C. The number of allylic oxidation sites excluding steroid dienone is 2. The molecule has 0 aromatic carbocycles. The van der Waals surface area contributed by atoms with Crippen molar-refractivity contribution in [3.05, 3.63) is 12.2 Å². The highest BCUT2D eigenvalue weighted by molar-refractivity contribution is 4.93. The normalized spacial score (nSPS) is 25.6. The smallest absolute Gasteiger partial charge is 0.0897 e. The van der Waals surface area contributed by atoms with Crippen molar-refractivity contribution < 1.29 is 9.84 Å². The molecule has 0 saturated heterocycles. The minimum absolute atomic E-state index is 0.393. The highest BCUT2D eigenvalue weighted by atomic mass is 16.5. The van der Waals surface area contributed by atoms with Crippen molar-refractivity contribution in [2.45, 2.75) is 65.0 Å². The summed E-state index contributed by atoms with van der Waals surface area (Å²) in [7, 11) is 0. The quantitative estimate of drug-likeness (QED) is 0.605. The van der Waals surface area contributed by atoms with Gasteiger partial charge < -0.3 is 15.2 Å². The van der Waals surface area contributed by atoms with Crippen molar-refractivity contribution in [2.75, 3.05) is 19.8 Å². The molecule has 1 aliphatic carbocycles. The Balaban J connectivity index is 2.10. The van der Waals surface area contributed by atoms with Gasteiger partial charge >= 0.3 is 0 Å². The molecule has 0 aromatic heterocycles. The molecule has 0 aromatic rings. The van der Waals surface area contributed by atoms with E-state index < -0.39 is 6.10 Å². The molecule has 0 fully saturated rings. The summed E-state index contributed by atoms with van der Waals surface area (Å²) in [4.78, 5) is 0. The third-order valence-electron chi connectivity index (χ3n) is 4.33. The molecule has 3 nitrogen and oxygen atoms in total. The topological polar surface area (TPSA) is 41.5 Å². The van der Waals surface area contributed by atoms with E-state index in [-0.39, 0.29) is 0 Å². The summed E-state index contributed by atoms with van der Waals surface area (Å²) < 4.78 is 5.71. The Morgan fingerprint density at radius 2 is 2.05 bits per heavy atom. The lowest BCUT2D eigenvalue weighted by Crippen LogP contribution is -2.37. The van der Waals surface area contributed by atoms with Gasteiger partial charge in [0.1, 0.15) is 0 Å². The van der Waals surface area contributed by atoms with E-state index in [4.69, 9.17) is 4.74 Å². The Morgan fingerprint density at radius 3 is 2.70 bits per heavy atom. The van der Waals surface area contributed by atoms with Crippen LogP contribution in [0.1, 0.15) is 52.9 Å². The van der Waals surface area contributed by atoms with Crippen molar-refractivity contribution in [1.29, 1.82) is 0 Å². The van der Waals surface area contributed by atoms with E-state index in [1.54, 1.807) is 0 Å². The van der Waals surface area contributed by atoms with Crippen LogP contribution in [0.15, 0.2) is 12.2 Å². The van der Waals surface area contributed by atoms with Gasteiger partial charge in [-0.05, 0) is 37.5 Å². The van der Waals surface area contributed by atoms with Crippen molar-refractivity contribution >= 4 is 0 Å². The minimum Gasteiger partial charge on any atom is -0.389 e. The summed E-state index contributed by atoms with van der Waals surface area (Å²) in [6.07, 6.45) is 9.88. The first-order chi connectivity index (χ1) is 9.67. The molecule has 118 valence electrons. The fourth-order valence-electron chi connectivity index (χ4n) is 2.76. The molecule has 2 N–H and O–H groups in total. The van der Waals surface area contributed by atoms with E-state index >= 15 is 0 Å². The Kier molecular flexibility index (Phi) is 9.16. The first-order valence-corrected chi connectivity index (χ1v) is 8.31. The summed E-state index contributed by atoms with van der Waals surface area (Å²) in [6.45, 7) is 8.53. The van der Waals surface area contributed by atoms with Crippen molar-refractivity contribution in [2.24, 2.45) is 11.8 Å². The molecule has 0 spiro atoms. The van der Waals surface area contributed by atoms with E-state index in [9.17, 15) is 5.11 Å². The fraction of sp³-hybridized carbons (Fsp3) is 0.882. The number of ether oxygens (including phenoxy) is 1. The number of nitrogens with one attached hydrogen (secondary N) is 1. The van der Waals surface area contributed by atoms with Gasteiger partial charge in [0.25, 0.3) is 0 Å². The van der Waals surface area contributed by atoms with E-state index in [1.807, 2.05) is 0 Å². The lowest BCUT2D eigenvalue weighted by molar-refractivity contribution is 0.0117. The number of aliphatic hydroxyl groups is 1. The number of rotatable bonds is 10. The van der Waals surface area contributed by atoms with Gasteiger partial charge in [-0.2, -0.15) is 0 Å². The van der Waals surface area contributed by atoms with E-state index in [0.717, 1.165) is 25.9 Å². The summed E-state index contributed by atoms with van der Waals surface area (Å²) in [5.41, 5.74) is 0. The van der Waals surface area contributed by atoms with Crippen LogP contribution in [0.25, 0.3) is 0 Å². The van der Waals surface area contributed by atoms with Crippen molar-refractivity contribution in [3.63, 3.8) is 0 Å². The number of aliphatic hydroxyl groups excluding tert-OH is 1. The summed E-state index contributed by atoms with van der Waals surface area (Å²) in [5.74, 6) is 1.31. The van der Waals surface area contributed by atoms with E-state index in [0.29, 0.717) is 31.0 Å². The average Bonchev–Trinajstić information content (AvgIpc) is 2.45. The zero-order chi connectivity index (χ0) is 14.8. The maximum Gasteiger partial charge on any atom is 0.0897 e. The van der Waals surface area contributed by atoms with Crippen LogP contribution in [-0.2, 0) is 4.74 Å². The number of hydrogen-bond donors (Lipinski definition) is 2. The Bertz CT molecular complexity index is 268. The number of hydrogen-bond acceptors (Lipinski definition) is 3. The standard InChI is InChI=1S/C17H33NO2/c1-4-8-16(5-2)18-11-17(19)13-20-12-15-10-7-6-9-14(15)3/h6-7,14-19H,4-5,8-13H2,1-3H3. The second kappa shape index (κ2) is 10.4. The Hall–Kier alpha value is -0.380. The monoisotopic (exact) mass is 283 g/mol. The third kappa shape index (κ3) is 6.87. The molecule has 1 rings (SSSR count). The Morgan fingerprint density at radius 1 is 1.30 bits per heavy atom. The van der Waals surface area contributed by atoms with Crippen LogP contribution in [0.3, 0.4) is 0 Å². The summed E-state index contributed by atoms with van der Waals surface area (Å²) in [6, 6.07) is 0.526. The van der Waals surface area contributed by atoms with Gasteiger partial charge in [0, 0.05) is 12.6 Å². The minimum atomic E-state index is -0.393. The van der Waals surface area contributed by atoms with Crippen LogP contribution in [0, 0.1) is 11.8 Å². The second-order valence-electron chi connectivity index (χ2n) is 6.17. The predicted molar refractivity (Wildman–Crippen MR) is 84.8 cm³/mol. The van der Waals surface area contributed by atoms with Gasteiger partial charge in [-0.3, -0.25) is 0 Å². The van der Waals surface area contributed by atoms with Gasteiger partial charge in [-0.15, -0.1) is 0 Å². The second-order valence-corrected chi connectivity index (χ2v) is 6.17. The largest absolute Gasteiger partial charge is 0.389 e. The molecule has 3 heteroatoms. The van der Waals surface area contributed by atoms with Crippen LogP contribution in [0.2, 0.25) is 0 Å². The molecular weight excluding hydrogens is 250 g/mol. The fourth-order valence-corrected chi connectivity index (χ4v) is 2.76. The molecule has 0 heterocycles. The summed E-state index contributed by atoms with van der Waals surface area (Å²) in [5, 5.41) is 13.4. The maximum atomic E-state index is 9.96. The van der Waals surface area contributed by atoms with Gasteiger partial charge in [0.2, 0.25) is 0 Å². The van der Waals surface area contributed by atoms with Crippen LogP contribution in [-0.4, -0.2) is 37.0 Å². The third-order valence-corrected chi connectivity index (χ3v) is 4.33. The van der Waals surface area contributed by atoms with Gasteiger partial charge in [-0.1, -0.05) is 39.3 Å². The zero-order valence-electron chi connectivity index (χ0n) is 13.5. The van der Waals surface area contributed by atoms with Crippen LogP contribution in [0.4, 0.5) is 0 Å². The summed E-state index contributed by atoms with van der Waals surface area (Å²) >= 11 is 0. The highest BCUT2D eigenvalue weighted by Gasteiger charge is 2.18. The molecule has 0 saturated carbocycles. The first-order valence-electron chi connectivity index (χ1n) is 8.31. The van der Waals surface area contributed by atoms with Crippen molar-refractivity contribution in [3.8, 4) is 0 Å².